The molecule has 1 N–H and O–H groups in total. The summed E-state index contributed by atoms with van der Waals surface area (Å²) < 4.78 is 45.2. The number of aliphatic carboxylic acids is 1. The van der Waals surface area contributed by atoms with Crippen LogP contribution >= 0.6 is 0 Å². The van der Waals surface area contributed by atoms with E-state index in [1.165, 1.54) is 43.4 Å². The predicted molar refractivity (Wildman–Crippen MR) is 79.5 cm³/mol. The summed E-state index contributed by atoms with van der Waals surface area (Å²) in [5.41, 5.74) is 0. The molecule has 0 heterocycles. The zero-order valence-corrected chi connectivity index (χ0v) is 12.8. The van der Waals surface area contributed by atoms with Gasteiger partial charge in [0, 0.05) is 7.05 Å². The topological polar surface area (TPSA) is 66.8 Å². The molecule has 0 radical (unpaired) electrons. The van der Waals surface area contributed by atoms with Crippen LogP contribution in [0.1, 0.15) is 0 Å². The normalized spacial score (nSPS) is 12.2. The lowest BCUT2D eigenvalue weighted by Crippen LogP contribution is -2.27. The summed E-state index contributed by atoms with van der Waals surface area (Å²) >= 11 is 0. The molecule has 1 unspecified atom stereocenters. The van der Waals surface area contributed by atoms with Crippen molar-refractivity contribution >= 4 is 17.0 Å². The lowest BCUT2D eigenvalue weighted by molar-refractivity contribution is -0.136. The van der Waals surface area contributed by atoms with Crippen LogP contribution in [0.3, 0.4) is 0 Å². The van der Waals surface area contributed by atoms with Crippen LogP contribution in [0.5, 0.6) is 11.5 Å². The van der Waals surface area contributed by atoms with Crippen molar-refractivity contribution in [1.29, 1.82) is 0 Å². The van der Waals surface area contributed by atoms with Crippen molar-refractivity contribution in [2.45, 2.75) is 4.90 Å². The molecule has 23 heavy (non-hydrogen) atoms. The third-order valence-electron chi connectivity index (χ3n) is 2.79. The molecular weight excluding hydrogens is 328 g/mol. The number of carboxylic acid groups (broad SMARTS) is 1. The number of hydrogen-bond donors (Lipinski definition) is 1. The van der Waals surface area contributed by atoms with Crippen molar-refractivity contribution in [3.63, 3.8) is 0 Å². The van der Waals surface area contributed by atoms with Gasteiger partial charge >= 0.3 is 5.97 Å². The van der Waals surface area contributed by atoms with Crippen LogP contribution in [0.15, 0.2) is 47.4 Å². The summed E-state index contributed by atoms with van der Waals surface area (Å²) in [5, 5.41) is 8.67. The Morgan fingerprint density at radius 3 is 2.43 bits per heavy atom. The Labute approximate surface area is 133 Å². The summed E-state index contributed by atoms with van der Waals surface area (Å²) in [6.07, 6.45) is 0. The van der Waals surface area contributed by atoms with Crippen LogP contribution in [0.4, 0.5) is 8.78 Å². The molecule has 0 saturated carbocycles. The van der Waals surface area contributed by atoms with Crippen LogP contribution in [0, 0.1) is 11.6 Å². The van der Waals surface area contributed by atoms with Gasteiger partial charge < -0.3 is 9.84 Å². The van der Waals surface area contributed by atoms with Gasteiger partial charge in [-0.05, 0) is 42.5 Å². The predicted octanol–water partition coefficient (Wildman–Crippen LogP) is 2.80. The van der Waals surface area contributed by atoms with Gasteiger partial charge in [-0.1, -0.05) is 0 Å². The van der Waals surface area contributed by atoms with Crippen LogP contribution in [-0.4, -0.2) is 33.2 Å². The first-order chi connectivity index (χ1) is 10.9. The molecule has 1 atom stereocenters. The van der Waals surface area contributed by atoms with Gasteiger partial charge in [0.25, 0.3) is 0 Å². The van der Waals surface area contributed by atoms with Crippen molar-refractivity contribution in [3.05, 3.63) is 54.1 Å². The number of likely N-dealkylation sites (N-methyl/N-ethyl adjacent to an activating group) is 1. The lowest BCUT2D eigenvalue weighted by atomic mass is 10.3. The summed E-state index contributed by atoms with van der Waals surface area (Å²) in [6.45, 7) is -0.442. The van der Waals surface area contributed by atoms with Gasteiger partial charge in [-0.15, -0.1) is 0 Å². The highest BCUT2D eigenvalue weighted by atomic mass is 32.2. The first kappa shape index (κ1) is 17.0. The minimum atomic E-state index is -1.81. The molecule has 0 saturated heterocycles. The number of rotatable bonds is 6. The first-order valence-corrected chi connectivity index (χ1v) is 7.55. The minimum Gasteiger partial charge on any atom is -0.480 e. The fourth-order valence-corrected chi connectivity index (χ4v) is 2.71. The molecule has 0 bridgehead atoms. The molecule has 122 valence electrons. The maximum absolute atomic E-state index is 14.0. The van der Waals surface area contributed by atoms with E-state index in [9.17, 15) is 17.8 Å². The largest absolute Gasteiger partial charge is 0.480 e. The van der Waals surface area contributed by atoms with Gasteiger partial charge in [0.05, 0.1) is 4.90 Å². The Hall–Kier alpha value is -2.32. The van der Waals surface area contributed by atoms with Crippen LogP contribution in [-0.2, 0) is 15.8 Å². The molecule has 0 aliphatic heterocycles. The second-order valence-corrected chi connectivity index (χ2v) is 6.17. The van der Waals surface area contributed by atoms with Crippen molar-refractivity contribution < 1.29 is 27.6 Å². The molecule has 2 aromatic rings. The van der Waals surface area contributed by atoms with Gasteiger partial charge in [0.1, 0.15) is 29.1 Å². The quantitative estimate of drug-likeness (QED) is 0.877. The molecule has 0 aliphatic rings. The highest BCUT2D eigenvalue weighted by molar-refractivity contribution is 7.82. The maximum Gasteiger partial charge on any atom is 0.318 e. The number of carboxylic acids is 1. The molecular formula is C15H13F2NO4S. The van der Waals surface area contributed by atoms with Crippen LogP contribution < -0.4 is 4.74 Å². The fraction of sp³-hybridized carbons (Fsp3) is 0.133. The average Bonchev–Trinajstić information content (AvgIpc) is 2.50. The van der Waals surface area contributed by atoms with Crippen LogP contribution in [0.25, 0.3) is 0 Å². The van der Waals surface area contributed by atoms with Gasteiger partial charge in [-0.3, -0.25) is 4.79 Å². The number of halogens is 2. The highest BCUT2D eigenvalue weighted by Crippen LogP contribution is 2.26. The summed E-state index contributed by atoms with van der Waals surface area (Å²) in [6, 6.07) is 8.71. The molecule has 0 fully saturated rings. The lowest BCUT2D eigenvalue weighted by Gasteiger charge is -2.14. The number of ether oxygens (including phenoxy) is 1. The Bertz CT molecular complexity index is 737. The second kappa shape index (κ2) is 7.30. The van der Waals surface area contributed by atoms with Gasteiger partial charge in [0.15, 0.2) is 11.6 Å². The third kappa shape index (κ3) is 4.57. The van der Waals surface area contributed by atoms with E-state index in [0.717, 1.165) is 10.4 Å². The standard InChI is InChI=1S/C15H13F2NO4S/c1-18(9-15(19)20)23(21)12-6-7-14(13(17)8-12)22-11-4-2-10(16)3-5-11/h2-8H,9H2,1H3,(H,19,20). The van der Waals surface area contributed by atoms with E-state index in [2.05, 4.69) is 0 Å². The fourth-order valence-electron chi connectivity index (χ4n) is 1.73. The smallest absolute Gasteiger partial charge is 0.318 e. The number of benzene rings is 2. The van der Waals surface area contributed by atoms with Crippen molar-refractivity contribution in [3.8, 4) is 11.5 Å². The molecule has 0 aromatic heterocycles. The SMILES string of the molecule is CN(CC(=O)O)S(=O)c1ccc(Oc2ccc(F)cc2)c(F)c1. The van der Waals surface area contributed by atoms with Crippen molar-refractivity contribution in [1.82, 2.24) is 4.31 Å². The molecule has 0 amide bonds. The summed E-state index contributed by atoms with van der Waals surface area (Å²) in [4.78, 5) is 10.7. The van der Waals surface area contributed by atoms with Crippen molar-refractivity contribution in [2.75, 3.05) is 13.6 Å². The third-order valence-corrected chi connectivity index (χ3v) is 4.14. The molecule has 2 aromatic carbocycles. The maximum atomic E-state index is 14.0. The number of hydrogen-bond acceptors (Lipinski definition) is 3. The molecule has 8 heteroatoms. The van der Waals surface area contributed by atoms with E-state index in [1.54, 1.807) is 0 Å². The van der Waals surface area contributed by atoms with E-state index in [1.807, 2.05) is 0 Å². The first-order valence-electron chi connectivity index (χ1n) is 6.44. The molecule has 5 nitrogen and oxygen atoms in total. The van der Waals surface area contributed by atoms with Gasteiger partial charge in [-0.2, -0.15) is 0 Å². The monoisotopic (exact) mass is 341 g/mol. The Morgan fingerprint density at radius 2 is 1.87 bits per heavy atom. The summed E-state index contributed by atoms with van der Waals surface area (Å²) in [7, 11) is -0.457. The Balaban J connectivity index is 2.15. The summed E-state index contributed by atoms with van der Waals surface area (Å²) in [5.74, 6) is -2.20. The number of carbonyl (C=O) groups is 1. The highest BCUT2D eigenvalue weighted by Gasteiger charge is 2.16. The molecule has 2 rings (SSSR count). The van der Waals surface area contributed by atoms with E-state index < -0.39 is 35.1 Å². The van der Waals surface area contributed by atoms with Crippen LogP contribution in [0.2, 0.25) is 0 Å². The zero-order chi connectivity index (χ0) is 17.0. The van der Waals surface area contributed by atoms with E-state index in [-0.39, 0.29) is 16.4 Å². The Morgan fingerprint density at radius 1 is 1.22 bits per heavy atom. The molecule has 0 aliphatic carbocycles. The second-order valence-electron chi connectivity index (χ2n) is 4.58. The van der Waals surface area contributed by atoms with Gasteiger partial charge in [-0.25, -0.2) is 17.3 Å². The van der Waals surface area contributed by atoms with Gasteiger partial charge in [0.2, 0.25) is 0 Å². The zero-order valence-electron chi connectivity index (χ0n) is 12.0. The van der Waals surface area contributed by atoms with Crippen molar-refractivity contribution in [2.24, 2.45) is 0 Å². The minimum absolute atomic E-state index is 0.109. The van der Waals surface area contributed by atoms with E-state index >= 15 is 0 Å². The van der Waals surface area contributed by atoms with E-state index in [4.69, 9.17) is 9.84 Å². The number of nitrogens with zero attached hydrogens (tertiary/aromatic N) is 1. The molecule has 0 spiro atoms. The van der Waals surface area contributed by atoms with E-state index in [0.29, 0.717) is 0 Å². The average molecular weight is 341 g/mol. The Kier molecular flexibility index (Phi) is 5.41.